The van der Waals surface area contributed by atoms with Gasteiger partial charge in [-0.3, -0.25) is 14.2 Å². The van der Waals surface area contributed by atoms with Gasteiger partial charge in [-0.15, -0.1) is 13.2 Å². The van der Waals surface area contributed by atoms with E-state index < -0.39 is 30.1 Å². The molecule has 2 heterocycles. The first-order chi connectivity index (χ1) is 18.4. The van der Waals surface area contributed by atoms with Gasteiger partial charge < -0.3 is 15.4 Å². The summed E-state index contributed by atoms with van der Waals surface area (Å²) >= 11 is 6.29. The van der Waals surface area contributed by atoms with Crippen molar-refractivity contribution in [3.05, 3.63) is 75.5 Å². The summed E-state index contributed by atoms with van der Waals surface area (Å²) in [5, 5.41) is 6.26. The Morgan fingerprint density at radius 3 is 2.54 bits per heavy atom. The molecule has 0 radical (unpaired) electrons. The number of hydrogen-bond acceptors (Lipinski definition) is 6. The number of ether oxygens (including phenoxy) is 1. The monoisotopic (exact) mass is 559 g/mol. The van der Waals surface area contributed by atoms with Crippen LogP contribution in [0.25, 0.3) is 33.7 Å². The molecule has 204 valence electrons. The van der Waals surface area contributed by atoms with Crippen LogP contribution in [0.1, 0.15) is 19.4 Å². The van der Waals surface area contributed by atoms with Gasteiger partial charge in [0.1, 0.15) is 18.1 Å². The number of amides is 1. The van der Waals surface area contributed by atoms with E-state index in [4.69, 9.17) is 11.6 Å². The number of pyridine rings is 1. The zero-order chi connectivity index (χ0) is 28.3. The highest BCUT2D eigenvalue weighted by Crippen LogP contribution is 2.29. The third-order valence-corrected chi connectivity index (χ3v) is 5.73. The molecule has 0 saturated heterocycles. The summed E-state index contributed by atoms with van der Waals surface area (Å²) in [4.78, 5) is 35.4. The Kier molecular flexibility index (Phi) is 8.22. The molecule has 4 rings (SSSR count). The van der Waals surface area contributed by atoms with E-state index in [0.717, 1.165) is 22.3 Å². The second-order valence-electron chi connectivity index (χ2n) is 9.07. The second-order valence-corrected chi connectivity index (χ2v) is 9.50. The van der Waals surface area contributed by atoms with Crippen LogP contribution in [0.2, 0.25) is 5.02 Å². The van der Waals surface area contributed by atoms with Crippen LogP contribution in [0, 0.1) is 0 Å². The van der Waals surface area contributed by atoms with Crippen molar-refractivity contribution in [2.45, 2.75) is 39.3 Å². The largest absolute Gasteiger partial charge is 0.573 e. The number of carbonyl (C=O) groups excluding carboxylic acids is 1. The molecule has 0 aliphatic heterocycles. The molecule has 2 aromatic carbocycles. The third kappa shape index (κ3) is 6.92. The average molecular weight is 560 g/mol. The Labute approximate surface area is 226 Å². The minimum atomic E-state index is -4.90. The Morgan fingerprint density at radius 1 is 1.08 bits per heavy atom. The maximum absolute atomic E-state index is 13.7. The van der Waals surface area contributed by atoms with E-state index in [1.807, 2.05) is 12.1 Å². The Balaban J connectivity index is 1.88. The molecular formula is C27H25ClF3N5O3. The normalized spacial score (nSPS) is 11.7. The maximum Gasteiger partial charge on any atom is 0.573 e. The number of hydrogen-bond donors (Lipinski definition) is 2. The van der Waals surface area contributed by atoms with Crippen molar-refractivity contribution in [3.8, 4) is 28.4 Å². The number of rotatable bonds is 8. The number of carbonyl (C=O) groups is 1. The zero-order valence-corrected chi connectivity index (χ0v) is 22.0. The maximum atomic E-state index is 13.7. The highest BCUT2D eigenvalue weighted by molar-refractivity contribution is 6.31. The molecule has 0 saturated carbocycles. The molecule has 0 bridgehead atoms. The van der Waals surface area contributed by atoms with Crippen LogP contribution in [-0.2, 0) is 17.9 Å². The fraction of sp³-hybridized carbons (Fsp3) is 0.259. The molecule has 12 heteroatoms. The number of aromatic nitrogens is 3. The molecule has 2 aromatic heterocycles. The first kappa shape index (κ1) is 28.1. The van der Waals surface area contributed by atoms with Crippen molar-refractivity contribution in [2.24, 2.45) is 0 Å². The second kappa shape index (κ2) is 11.4. The zero-order valence-electron chi connectivity index (χ0n) is 21.3. The predicted octanol–water partition coefficient (Wildman–Crippen LogP) is 4.92. The molecule has 0 aliphatic rings. The molecule has 0 spiro atoms. The molecule has 0 atom stereocenters. The van der Waals surface area contributed by atoms with Gasteiger partial charge in [0.25, 0.3) is 5.56 Å². The Bertz CT molecular complexity index is 1590. The summed E-state index contributed by atoms with van der Waals surface area (Å²) < 4.78 is 43.6. The summed E-state index contributed by atoms with van der Waals surface area (Å²) in [5.41, 5.74) is 1.79. The van der Waals surface area contributed by atoms with E-state index in [2.05, 4.69) is 25.3 Å². The lowest BCUT2D eigenvalue weighted by atomic mass is 10.1. The molecule has 0 unspecified atom stereocenters. The summed E-state index contributed by atoms with van der Waals surface area (Å²) in [7, 11) is 1.81. The van der Waals surface area contributed by atoms with Crippen LogP contribution in [0.5, 0.6) is 5.75 Å². The van der Waals surface area contributed by atoms with Crippen molar-refractivity contribution in [1.82, 2.24) is 25.2 Å². The number of benzene rings is 2. The quantitative estimate of drug-likeness (QED) is 0.318. The molecule has 1 amide bonds. The van der Waals surface area contributed by atoms with Gasteiger partial charge in [0.2, 0.25) is 5.91 Å². The van der Waals surface area contributed by atoms with E-state index >= 15 is 0 Å². The first-order valence-corrected chi connectivity index (χ1v) is 12.3. The fourth-order valence-electron chi connectivity index (χ4n) is 4.07. The average Bonchev–Trinajstić information content (AvgIpc) is 2.84. The van der Waals surface area contributed by atoms with Crippen LogP contribution in [0.15, 0.2) is 59.4 Å². The number of nitrogens with zero attached hydrogens (tertiary/aromatic N) is 3. The van der Waals surface area contributed by atoms with E-state index in [1.165, 1.54) is 12.1 Å². The van der Waals surface area contributed by atoms with Gasteiger partial charge in [-0.25, -0.2) is 9.97 Å². The molecule has 8 nitrogen and oxygen atoms in total. The van der Waals surface area contributed by atoms with Crippen molar-refractivity contribution in [3.63, 3.8) is 0 Å². The minimum absolute atomic E-state index is 0.00681. The van der Waals surface area contributed by atoms with Gasteiger partial charge in [0.05, 0.1) is 11.2 Å². The summed E-state index contributed by atoms with van der Waals surface area (Å²) in [6.45, 7) is 3.68. The molecule has 2 N–H and O–H groups in total. The summed E-state index contributed by atoms with van der Waals surface area (Å²) in [5.74, 6) is -0.966. The molecule has 4 aromatic rings. The Morgan fingerprint density at radius 2 is 1.85 bits per heavy atom. The highest BCUT2D eigenvalue weighted by atomic mass is 35.5. The van der Waals surface area contributed by atoms with E-state index in [-0.39, 0.29) is 28.5 Å². The minimum Gasteiger partial charge on any atom is -0.406 e. The van der Waals surface area contributed by atoms with Crippen LogP contribution in [0.4, 0.5) is 13.2 Å². The standard InChI is InChI=1S/C27H25ClF3N5O3/c1-15(2)33-23(37)14-36-25(17-5-4-6-20(12-17)39-27(29,30)31)35-22-8-7-21(34-24(22)26(36)38)18-9-16(13-32-3)10-19(28)11-18/h4-12,15,32H,13-14H2,1-3H3,(H,33,37). The van der Waals surface area contributed by atoms with Gasteiger partial charge in [-0.2, -0.15) is 0 Å². The van der Waals surface area contributed by atoms with Crippen molar-refractivity contribution >= 4 is 28.5 Å². The Hall–Kier alpha value is -3.96. The predicted molar refractivity (Wildman–Crippen MR) is 142 cm³/mol. The van der Waals surface area contributed by atoms with Gasteiger partial charge in [0, 0.05) is 28.7 Å². The van der Waals surface area contributed by atoms with Crippen LogP contribution in [-0.4, -0.2) is 39.9 Å². The van der Waals surface area contributed by atoms with E-state index in [1.54, 1.807) is 39.1 Å². The lowest BCUT2D eigenvalue weighted by Crippen LogP contribution is -2.37. The number of fused-ring (bicyclic) bond motifs is 1. The van der Waals surface area contributed by atoms with Crippen LogP contribution < -0.4 is 20.9 Å². The van der Waals surface area contributed by atoms with Gasteiger partial charge in [-0.1, -0.05) is 23.7 Å². The molecule has 0 fully saturated rings. The van der Waals surface area contributed by atoms with Crippen LogP contribution >= 0.6 is 11.6 Å². The van der Waals surface area contributed by atoms with E-state index in [9.17, 15) is 22.8 Å². The van der Waals surface area contributed by atoms with Gasteiger partial charge >= 0.3 is 6.36 Å². The van der Waals surface area contributed by atoms with Crippen LogP contribution in [0.3, 0.4) is 0 Å². The van der Waals surface area contributed by atoms with E-state index in [0.29, 0.717) is 22.8 Å². The van der Waals surface area contributed by atoms with Gasteiger partial charge in [0.15, 0.2) is 5.52 Å². The number of halogens is 4. The number of alkyl halides is 3. The first-order valence-electron chi connectivity index (χ1n) is 11.9. The summed E-state index contributed by atoms with van der Waals surface area (Å²) in [6, 6.07) is 13.5. The molecule has 0 aliphatic carbocycles. The van der Waals surface area contributed by atoms with Crippen molar-refractivity contribution < 1.29 is 22.7 Å². The smallest absolute Gasteiger partial charge is 0.406 e. The number of nitrogens with one attached hydrogen (secondary N) is 2. The highest BCUT2D eigenvalue weighted by Gasteiger charge is 2.31. The van der Waals surface area contributed by atoms with Crippen molar-refractivity contribution in [1.29, 1.82) is 0 Å². The SMILES string of the molecule is CNCc1cc(Cl)cc(-c2ccc3nc(-c4cccc(OC(F)(F)F)c4)n(CC(=O)NC(C)C)c(=O)c3n2)c1. The molecular weight excluding hydrogens is 535 g/mol. The summed E-state index contributed by atoms with van der Waals surface area (Å²) in [6.07, 6.45) is -4.90. The van der Waals surface area contributed by atoms with Gasteiger partial charge in [-0.05, 0) is 68.9 Å². The van der Waals surface area contributed by atoms with Crippen molar-refractivity contribution in [2.75, 3.05) is 7.05 Å². The molecule has 39 heavy (non-hydrogen) atoms. The lowest BCUT2D eigenvalue weighted by molar-refractivity contribution is -0.274. The fourth-order valence-corrected chi connectivity index (χ4v) is 4.33. The third-order valence-electron chi connectivity index (χ3n) is 5.52. The lowest BCUT2D eigenvalue weighted by Gasteiger charge is -2.16. The topological polar surface area (TPSA) is 98.1 Å².